The van der Waals surface area contributed by atoms with Crippen molar-refractivity contribution in [3.63, 3.8) is 0 Å². The highest BCUT2D eigenvalue weighted by molar-refractivity contribution is 5.82. The van der Waals surface area contributed by atoms with Crippen LogP contribution in [0.3, 0.4) is 0 Å². The summed E-state index contributed by atoms with van der Waals surface area (Å²) in [6, 6.07) is 53.8. The van der Waals surface area contributed by atoms with Gasteiger partial charge < -0.3 is 0 Å². The summed E-state index contributed by atoms with van der Waals surface area (Å²) < 4.78 is 0. The van der Waals surface area contributed by atoms with Crippen LogP contribution in [0.4, 0.5) is 0 Å². The Kier molecular flexibility index (Phi) is 6.75. The van der Waals surface area contributed by atoms with Gasteiger partial charge in [0.25, 0.3) is 0 Å². The van der Waals surface area contributed by atoms with Crippen molar-refractivity contribution in [2.75, 3.05) is 0 Å². The van der Waals surface area contributed by atoms with Gasteiger partial charge in [0.05, 0.1) is 23.3 Å². The van der Waals surface area contributed by atoms with E-state index in [2.05, 4.69) is 97.1 Å². The molecule has 2 heteroatoms. The number of nitrogens with zero attached hydrogens (tertiary/aromatic N) is 2. The number of benzene rings is 6. The summed E-state index contributed by atoms with van der Waals surface area (Å²) in [6.45, 7) is 0. The second kappa shape index (κ2) is 11.0. The van der Waals surface area contributed by atoms with Crippen molar-refractivity contribution in [3.05, 3.63) is 157 Å². The quantitative estimate of drug-likeness (QED) is 0.233. The summed E-state index contributed by atoms with van der Waals surface area (Å²) in [4.78, 5) is 0. The molecule has 0 aliphatic carbocycles. The molecule has 0 bridgehead atoms. The van der Waals surface area contributed by atoms with Gasteiger partial charge in [-0.15, -0.1) is 0 Å². The first-order valence-corrected chi connectivity index (χ1v) is 13.1. The zero-order valence-electron chi connectivity index (χ0n) is 21.8. The Balaban J connectivity index is 1.36. The molecule has 0 amide bonds. The minimum Gasteiger partial charge on any atom is -0.192 e. The lowest BCUT2D eigenvalue weighted by Gasteiger charge is -2.11. The second-order valence-corrected chi connectivity index (χ2v) is 9.67. The standard InChI is InChI=1S/C38H24N2/c39-25-27-20-36(29-10-5-2-6-11-29)23-37(21-27)30-14-16-31(17-15-30)38-24-34(18-19-35(38)26-40)33-13-7-12-32(22-33)28-8-3-1-4-9-28/h1-24H. The van der Waals surface area contributed by atoms with E-state index in [9.17, 15) is 10.5 Å². The van der Waals surface area contributed by atoms with Gasteiger partial charge in [-0.05, 0) is 86.5 Å². The molecule has 0 spiro atoms. The van der Waals surface area contributed by atoms with Crippen LogP contribution in [-0.4, -0.2) is 0 Å². The molecule has 0 aromatic heterocycles. The van der Waals surface area contributed by atoms with Crippen LogP contribution in [-0.2, 0) is 0 Å². The molecular weight excluding hydrogens is 484 g/mol. The van der Waals surface area contributed by atoms with Gasteiger partial charge in [0, 0.05) is 5.56 Å². The SMILES string of the molecule is N#Cc1cc(-c2ccccc2)cc(-c2ccc(-c3cc(-c4cccc(-c5ccccc5)c4)ccc3C#N)cc2)c1. The minimum absolute atomic E-state index is 0.623. The summed E-state index contributed by atoms with van der Waals surface area (Å²) in [5.41, 5.74) is 11.7. The van der Waals surface area contributed by atoms with Crippen molar-refractivity contribution in [3.8, 4) is 67.8 Å². The van der Waals surface area contributed by atoms with E-state index < -0.39 is 0 Å². The molecule has 0 heterocycles. The third-order valence-corrected chi connectivity index (χ3v) is 7.14. The molecule has 0 saturated heterocycles. The highest BCUT2D eigenvalue weighted by Gasteiger charge is 2.11. The van der Waals surface area contributed by atoms with Crippen LogP contribution in [0.5, 0.6) is 0 Å². The third kappa shape index (κ3) is 5.03. The van der Waals surface area contributed by atoms with Crippen LogP contribution in [0, 0.1) is 22.7 Å². The summed E-state index contributed by atoms with van der Waals surface area (Å²) in [5, 5.41) is 19.5. The first-order valence-electron chi connectivity index (χ1n) is 13.1. The summed E-state index contributed by atoms with van der Waals surface area (Å²) in [7, 11) is 0. The molecule has 0 aliphatic heterocycles. The van der Waals surface area contributed by atoms with E-state index in [1.165, 1.54) is 5.56 Å². The molecule has 6 aromatic carbocycles. The maximum Gasteiger partial charge on any atom is 0.0998 e. The minimum atomic E-state index is 0.623. The predicted molar refractivity (Wildman–Crippen MR) is 163 cm³/mol. The molecule has 0 unspecified atom stereocenters. The Morgan fingerprint density at radius 3 is 1.38 bits per heavy atom. The fraction of sp³-hybridized carbons (Fsp3) is 0. The van der Waals surface area contributed by atoms with Crippen LogP contribution in [0.2, 0.25) is 0 Å². The zero-order chi connectivity index (χ0) is 27.3. The molecule has 0 N–H and O–H groups in total. The summed E-state index contributed by atoms with van der Waals surface area (Å²) in [6.07, 6.45) is 0. The second-order valence-electron chi connectivity index (χ2n) is 9.67. The van der Waals surface area contributed by atoms with Crippen LogP contribution < -0.4 is 0 Å². The number of nitriles is 2. The van der Waals surface area contributed by atoms with E-state index >= 15 is 0 Å². The molecule has 0 aliphatic rings. The molecule has 6 aromatic rings. The first-order chi connectivity index (χ1) is 19.7. The lowest BCUT2D eigenvalue weighted by molar-refractivity contribution is 1.47. The molecule has 0 radical (unpaired) electrons. The fourth-order valence-corrected chi connectivity index (χ4v) is 5.07. The van der Waals surface area contributed by atoms with Gasteiger partial charge in [-0.3, -0.25) is 0 Å². The monoisotopic (exact) mass is 508 g/mol. The topological polar surface area (TPSA) is 47.6 Å². The Hall–Kier alpha value is -5.70. The predicted octanol–water partition coefficient (Wildman–Crippen LogP) is 9.76. The van der Waals surface area contributed by atoms with Crippen LogP contribution in [0.15, 0.2) is 146 Å². The van der Waals surface area contributed by atoms with Gasteiger partial charge in [-0.2, -0.15) is 10.5 Å². The van der Waals surface area contributed by atoms with E-state index in [1.54, 1.807) is 0 Å². The first kappa shape index (κ1) is 24.6. The van der Waals surface area contributed by atoms with E-state index in [4.69, 9.17) is 0 Å². The lowest BCUT2D eigenvalue weighted by Crippen LogP contribution is -1.89. The van der Waals surface area contributed by atoms with Crippen molar-refractivity contribution < 1.29 is 0 Å². The van der Waals surface area contributed by atoms with Crippen molar-refractivity contribution in [1.29, 1.82) is 10.5 Å². The van der Waals surface area contributed by atoms with Gasteiger partial charge >= 0.3 is 0 Å². The molecule has 0 saturated carbocycles. The molecule has 0 fully saturated rings. The molecule has 40 heavy (non-hydrogen) atoms. The van der Waals surface area contributed by atoms with Crippen LogP contribution in [0.1, 0.15) is 11.1 Å². The van der Waals surface area contributed by atoms with Crippen LogP contribution in [0.25, 0.3) is 55.6 Å². The molecule has 186 valence electrons. The normalized spacial score (nSPS) is 10.4. The van der Waals surface area contributed by atoms with E-state index in [0.717, 1.165) is 50.1 Å². The smallest absolute Gasteiger partial charge is 0.0998 e. The van der Waals surface area contributed by atoms with E-state index in [-0.39, 0.29) is 0 Å². The fourth-order valence-electron chi connectivity index (χ4n) is 5.07. The third-order valence-electron chi connectivity index (χ3n) is 7.14. The van der Waals surface area contributed by atoms with Gasteiger partial charge in [-0.25, -0.2) is 0 Å². The lowest BCUT2D eigenvalue weighted by atomic mass is 9.92. The van der Waals surface area contributed by atoms with Gasteiger partial charge in [0.15, 0.2) is 0 Å². The highest BCUT2D eigenvalue weighted by atomic mass is 14.3. The Labute approximate surface area is 234 Å². The van der Waals surface area contributed by atoms with E-state index in [1.807, 2.05) is 60.7 Å². The average Bonchev–Trinajstić information content (AvgIpc) is 3.05. The van der Waals surface area contributed by atoms with Gasteiger partial charge in [-0.1, -0.05) is 109 Å². The van der Waals surface area contributed by atoms with Crippen LogP contribution >= 0.6 is 0 Å². The Bertz CT molecular complexity index is 1890. The molecular formula is C38H24N2. The van der Waals surface area contributed by atoms with Gasteiger partial charge in [0.1, 0.15) is 0 Å². The van der Waals surface area contributed by atoms with Gasteiger partial charge in [0.2, 0.25) is 0 Å². The molecule has 2 nitrogen and oxygen atoms in total. The number of hydrogen-bond acceptors (Lipinski definition) is 2. The summed E-state index contributed by atoms with van der Waals surface area (Å²) in [5.74, 6) is 0. The summed E-state index contributed by atoms with van der Waals surface area (Å²) >= 11 is 0. The van der Waals surface area contributed by atoms with Crippen molar-refractivity contribution >= 4 is 0 Å². The number of rotatable bonds is 5. The molecule has 6 rings (SSSR count). The maximum atomic E-state index is 9.88. The maximum absolute atomic E-state index is 9.88. The molecule has 0 atom stereocenters. The zero-order valence-corrected chi connectivity index (χ0v) is 21.8. The number of hydrogen-bond donors (Lipinski definition) is 0. The van der Waals surface area contributed by atoms with Crippen molar-refractivity contribution in [1.82, 2.24) is 0 Å². The Morgan fingerprint density at radius 2 is 0.775 bits per heavy atom. The van der Waals surface area contributed by atoms with Crippen molar-refractivity contribution in [2.24, 2.45) is 0 Å². The van der Waals surface area contributed by atoms with Crippen molar-refractivity contribution in [2.45, 2.75) is 0 Å². The average molecular weight is 509 g/mol. The van der Waals surface area contributed by atoms with E-state index in [0.29, 0.717) is 11.1 Å². The Morgan fingerprint density at radius 1 is 0.325 bits per heavy atom. The highest BCUT2D eigenvalue weighted by Crippen LogP contribution is 2.34. The largest absolute Gasteiger partial charge is 0.192 e.